The van der Waals surface area contributed by atoms with Crippen LogP contribution in [0.4, 0.5) is 0 Å². The summed E-state index contributed by atoms with van der Waals surface area (Å²) in [7, 11) is 0. The van der Waals surface area contributed by atoms with Gasteiger partial charge in [0.15, 0.2) is 6.10 Å². The van der Waals surface area contributed by atoms with Gasteiger partial charge in [-0.15, -0.1) is 0 Å². The Balaban J connectivity index is 4.12. The molecule has 1 unspecified atom stereocenters. The Morgan fingerprint density at radius 2 is 0.565 bits per heavy atom. The smallest absolute Gasteiger partial charge is 0.306 e. The third kappa shape index (κ3) is 55.1. The van der Waals surface area contributed by atoms with E-state index in [9.17, 15) is 14.4 Å². The number of esters is 3. The van der Waals surface area contributed by atoms with Crippen molar-refractivity contribution in [1.82, 2.24) is 0 Å². The minimum atomic E-state index is -0.781. The standard InChI is InChI=1S/C63H106O6/c1-4-7-10-13-15-17-19-21-23-25-26-27-28-29-30-31-32-33-34-35-36-38-39-41-43-45-47-50-53-56-62(65)68-59-60(58-67-61(64)55-52-49-12-9-6-3)69-63(66)57-54-51-48-46-44-42-40-37-24-22-20-18-16-14-11-8-5-2/h7,10,15,17,21-24,26-27,29-30,32-33,35-36,60H,4-6,8-9,11-14,16,18-20,25,28,31,34,37-59H2,1-3H3/b10-7-,17-15-,23-21-,24-22-,27-26-,30-29-,33-32-,36-35-. The minimum absolute atomic E-state index is 0.0830. The van der Waals surface area contributed by atoms with Crippen LogP contribution < -0.4 is 0 Å². The molecule has 0 bridgehead atoms. The van der Waals surface area contributed by atoms with Gasteiger partial charge in [-0.3, -0.25) is 14.4 Å². The average Bonchev–Trinajstić information content (AvgIpc) is 3.35. The van der Waals surface area contributed by atoms with Crippen molar-refractivity contribution in [2.75, 3.05) is 13.2 Å². The van der Waals surface area contributed by atoms with Gasteiger partial charge in [0.25, 0.3) is 0 Å². The van der Waals surface area contributed by atoms with Crippen LogP contribution in [0.15, 0.2) is 97.2 Å². The van der Waals surface area contributed by atoms with Crippen LogP contribution in [-0.2, 0) is 28.6 Å². The summed E-state index contributed by atoms with van der Waals surface area (Å²) in [6.45, 7) is 6.43. The summed E-state index contributed by atoms with van der Waals surface area (Å²) in [5.41, 5.74) is 0. The Hall–Kier alpha value is -3.67. The quantitative estimate of drug-likeness (QED) is 0.0262. The largest absolute Gasteiger partial charge is 0.462 e. The zero-order chi connectivity index (χ0) is 50.0. The summed E-state index contributed by atoms with van der Waals surface area (Å²) in [6, 6.07) is 0. The van der Waals surface area contributed by atoms with Crippen LogP contribution in [0.25, 0.3) is 0 Å². The maximum Gasteiger partial charge on any atom is 0.306 e. The highest BCUT2D eigenvalue weighted by Crippen LogP contribution is 2.14. The maximum atomic E-state index is 12.8. The van der Waals surface area contributed by atoms with E-state index < -0.39 is 6.10 Å². The maximum absolute atomic E-state index is 12.8. The number of rotatable bonds is 51. The van der Waals surface area contributed by atoms with Gasteiger partial charge in [-0.25, -0.2) is 0 Å². The van der Waals surface area contributed by atoms with E-state index in [1.54, 1.807) is 0 Å². The minimum Gasteiger partial charge on any atom is -0.462 e. The second-order valence-corrected chi connectivity index (χ2v) is 18.8. The summed E-state index contributed by atoms with van der Waals surface area (Å²) in [5.74, 6) is -0.911. The first kappa shape index (κ1) is 65.3. The van der Waals surface area contributed by atoms with Gasteiger partial charge in [0.05, 0.1) is 0 Å². The van der Waals surface area contributed by atoms with Crippen LogP contribution in [0.3, 0.4) is 0 Å². The molecule has 0 heterocycles. The molecule has 0 fully saturated rings. The second kappa shape index (κ2) is 56.9. The van der Waals surface area contributed by atoms with Gasteiger partial charge in [0, 0.05) is 19.3 Å². The predicted octanol–water partition coefficient (Wildman–Crippen LogP) is 19.3. The van der Waals surface area contributed by atoms with E-state index in [0.717, 1.165) is 116 Å². The molecule has 0 N–H and O–H groups in total. The molecule has 0 aromatic heterocycles. The number of carbonyl (C=O) groups is 3. The summed E-state index contributed by atoms with van der Waals surface area (Å²) in [5, 5.41) is 0. The van der Waals surface area contributed by atoms with Gasteiger partial charge < -0.3 is 14.2 Å². The van der Waals surface area contributed by atoms with Gasteiger partial charge in [-0.1, -0.05) is 240 Å². The Kier molecular flexibility index (Phi) is 53.9. The molecule has 0 aromatic carbocycles. The van der Waals surface area contributed by atoms with E-state index in [-0.39, 0.29) is 31.1 Å². The first-order valence-electron chi connectivity index (χ1n) is 28.7. The van der Waals surface area contributed by atoms with Gasteiger partial charge in [0.2, 0.25) is 0 Å². The molecule has 0 saturated carbocycles. The van der Waals surface area contributed by atoms with Crippen molar-refractivity contribution < 1.29 is 28.6 Å². The number of ether oxygens (including phenoxy) is 3. The molecule has 0 saturated heterocycles. The second-order valence-electron chi connectivity index (χ2n) is 18.8. The van der Waals surface area contributed by atoms with E-state index in [4.69, 9.17) is 14.2 Å². The number of carbonyl (C=O) groups excluding carboxylic acids is 3. The highest BCUT2D eigenvalue weighted by Gasteiger charge is 2.19. The van der Waals surface area contributed by atoms with E-state index in [1.165, 1.54) is 109 Å². The Labute approximate surface area is 426 Å². The van der Waals surface area contributed by atoms with E-state index in [0.29, 0.717) is 19.3 Å². The molecule has 6 nitrogen and oxygen atoms in total. The molecule has 0 aliphatic rings. The third-order valence-electron chi connectivity index (χ3n) is 12.1. The van der Waals surface area contributed by atoms with Crippen LogP contribution in [0.1, 0.15) is 265 Å². The Morgan fingerprint density at radius 1 is 0.304 bits per heavy atom. The number of unbranched alkanes of at least 4 members (excludes halogenated alkanes) is 24. The normalized spacial score (nSPS) is 12.8. The fraction of sp³-hybridized carbons (Fsp3) is 0.698. The molecular formula is C63H106O6. The van der Waals surface area contributed by atoms with Gasteiger partial charge in [-0.05, 0) is 103 Å². The SMILES string of the molecule is CC/C=C\C/C=C\C/C=C\C/C=C\C/C=C\C/C=C\C/C=C\CCCCCCCCCC(=O)OCC(COC(=O)CCCCCCC)OC(=O)CCCCCCCCC/C=C\CCCCCCCC. The van der Waals surface area contributed by atoms with Crippen LogP contribution in [0, 0.1) is 0 Å². The number of allylic oxidation sites excluding steroid dienone is 16. The van der Waals surface area contributed by atoms with Crippen molar-refractivity contribution in [3.8, 4) is 0 Å². The molecule has 0 rings (SSSR count). The van der Waals surface area contributed by atoms with E-state index in [2.05, 4.69) is 118 Å². The molecule has 0 aromatic rings. The van der Waals surface area contributed by atoms with Crippen molar-refractivity contribution in [2.24, 2.45) is 0 Å². The van der Waals surface area contributed by atoms with Gasteiger partial charge in [0.1, 0.15) is 13.2 Å². The highest BCUT2D eigenvalue weighted by molar-refractivity contribution is 5.71. The lowest BCUT2D eigenvalue weighted by Gasteiger charge is -2.18. The van der Waals surface area contributed by atoms with E-state index >= 15 is 0 Å². The predicted molar refractivity (Wildman–Crippen MR) is 297 cm³/mol. The monoisotopic (exact) mass is 959 g/mol. The Bertz CT molecular complexity index is 1380. The molecule has 69 heavy (non-hydrogen) atoms. The van der Waals surface area contributed by atoms with Crippen LogP contribution in [0.2, 0.25) is 0 Å². The van der Waals surface area contributed by atoms with Crippen molar-refractivity contribution >= 4 is 17.9 Å². The average molecular weight is 960 g/mol. The molecule has 0 spiro atoms. The zero-order valence-electron chi connectivity index (χ0n) is 45.0. The fourth-order valence-corrected chi connectivity index (χ4v) is 7.77. The molecule has 0 amide bonds. The lowest BCUT2D eigenvalue weighted by Crippen LogP contribution is -2.30. The van der Waals surface area contributed by atoms with Gasteiger partial charge in [-0.2, -0.15) is 0 Å². The Morgan fingerprint density at radius 3 is 0.899 bits per heavy atom. The molecule has 0 aliphatic heterocycles. The van der Waals surface area contributed by atoms with Crippen molar-refractivity contribution in [2.45, 2.75) is 271 Å². The summed E-state index contributed by atoms with van der Waals surface area (Å²) in [6.07, 6.45) is 75.8. The zero-order valence-corrected chi connectivity index (χ0v) is 45.0. The van der Waals surface area contributed by atoms with Crippen LogP contribution >= 0.6 is 0 Å². The van der Waals surface area contributed by atoms with Crippen LogP contribution in [-0.4, -0.2) is 37.2 Å². The molecular weight excluding hydrogens is 853 g/mol. The lowest BCUT2D eigenvalue weighted by molar-refractivity contribution is -0.167. The van der Waals surface area contributed by atoms with Crippen molar-refractivity contribution in [1.29, 1.82) is 0 Å². The molecule has 0 aliphatic carbocycles. The van der Waals surface area contributed by atoms with E-state index in [1.807, 2.05) is 0 Å². The van der Waals surface area contributed by atoms with Crippen molar-refractivity contribution in [3.63, 3.8) is 0 Å². The van der Waals surface area contributed by atoms with Crippen LogP contribution in [0.5, 0.6) is 0 Å². The third-order valence-corrected chi connectivity index (χ3v) is 12.1. The number of hydrogen-bond donors (Lipinski definition) is 0. The summed E-state index contributed by atoms with van der Waals surface area (Å²) < 4.78 is 16.7. The molecule has 6 heteroatoms. The number of hydrogen-bond acceptors (Lipinski definition) is 6. The molecule has 1 atom stereocenters. The van der Waals surface area contributed by atoms with Gasteiger partial charge >= 0.3 is 17.9 Å². The first-order chi connectivity index (χ1) is 34.0. The molecule has 394 valence electrons. The highest BCUT2D eigenvalue weighted by atomic mass is 16.6. The first-order valence-corrected chi connectivity index (χ1v) is 28.7. The lowest BCUT2D eigenvalue weighted by atomic mass is 10.1. The fourth-order valence-electron chi connectivity index (χ4n) is 7.77. The summed E-state index contributed by atoms with van der Waals surface area (Å²) in [4.78, 5) is 37.8. The summed E-state index contributed by atoms with van der Waals surface area (Å²) >= 11 is 0. The molecule has 0 radical (unpaired) electrons. The van der Waals surface area contributed by atoms with Crippen molar-refractivity contribution in [3.05, 3.63) is 97.2 Å². The topological polar surface area (TPSA) is 78.9 Å².